The van der Waals surface area contributed by atoms with Crippen LogP contribution in [-0.2, 0) is 0 Å². The second-order valence-corrected chi connectivity index (χ2v) is 15.9. The molecule has 2 aromatic rings. The van der Waals surface area contributed by atoms with Crippen molar-refractivity contribution >= 4 is 26.5 Å². The zero-order valence-corrected chi connectivity index (χ0v) is 22.4. The molecule has 3 saturated carbocycles. The summed E-state index contributed by atoms with van der Waals surface area (Å²) in [5.41, 5.74) is 4.76. The van der Waals surface area contributed by atoms with Gasteiger partial charge in [-0.15, -0.1) is 0 Å². The van der Waals surface area contributed by atoms with Crippen LogP contribution in [-0.4, -0.2) is 17.0 Å². The lowest BCUT2D eigenvalue weighted by molar-refractivity contribution is 0.484. The fraction of sp³-hybridized carbons (Fsp3) is 0.548. The molecular weight excluding hydrogens is 434 g/mol. The first kappa shape index (κ1) is 24.0. The van der Waals surface area contributed by atoms with Gasteiger partial charge in [-0.25, -0.2) is 0 Å². The Kier molecular flexibility index (Phi) is 8.60. The van der Waals surface area contributed by atoms with Gasteiger partial charge in [-0.3, -0.25) is 0 Å². The maximum atomic E-state index is 2.60. The van der Waals surface area contributed by atoms with Crippen LogP contribution in [0.3, 0.4) is 0 Å². The van der Waals surface area contributed by atoms with Crippen LogP contribution in [0.15, 0.2) is 60.7 Å². The van der Waals surface area contributed by atoms with Crippen LogP contribution in [0.5, 0.6) is 0 Å². The Morgan fingerprint density at radius 2 is 1.09 bits per heavy atom. The Hall–Kier alpha value is -0.700. The molecule has 0 saturated heterocycles. The van der Waals surface area contributed by atoms with Crippen molar-refractivity contribution in [3.63, 3.8) is 0 Å². The van der Waals surface area contributed by atoms with Gasteiger partial charge in [0, 0.05) is 5.66 Å². The van der Waals surface area contributed by atoms with E-state index in [0.29, 0.717) is 5.66 Å². The lowest BCUT2D eigenvalue weighted by Gasteiger charge is -2.45. The van der Waals surface area contributed by atoms with Gasteiger partial charge in [-0.1, -0.05) is 120 Å². The Labute approximate surface area is 205 Å². The molecule has 176 valence electrons. The molecule has 1 atom stereocenters. The third kappa shape index (κ3) is 5.60. The van der Waals surface area contributed by atoms with Crippen molar-refractivity contribution < 1.29 is 0 Å². The highest BCUT2D eigenvalue weighted by Gasteiger charge is 2.45. The molecule has 0 spiro atoms. The molecule has 0 bridgehead atoms. The SMILES string of the molecule is C[C@@H]([C]1CCC[C]1P(C1CCCCC1)C1CCCCC1)P(c1ccccc1)c1ccccc1. The Morgan fingerprint density at radius 1 is 0.606 bits per heavy atom. The van der Waals surface area contributed by atoms with Crippen molar-refractivity contribution in [3.8, 4) is 0 Å². The van der Waals surface area contributed by atoms with Gasteiger partial charge in [0.25, 0.3) is 0 Å². The molecule has 3 aliphatic carbocycles. The molecule has 2 radical (unpaired) electrons. The normalized spacial score (nSPS) is 22.9. The van der Waals surface area contributed by atoms with Gasteiger partial charge in [0.2, 0.25) is 0 Å². The Bertz CT molecular complexity index is 765. The van der Waals surface area contributed by atoms with E-state index in [1.807, 2.05) is 11.6 Å². The summed E-state index contributed by atoms with van der Waals surface area (Å²) in [7, 11) is -0.299. The highest BCUT2D eigenvalue weighted by atomic mass is 31.1. The van der Waals surface area contributed by atoms with Crippen LogP contribution in [0.25, 0.3) is 0 Å². The molecule has 33 heavy (non-hydrogen) atoms. The Morgan fingerprint density at radius 3 is 1.58 bits per heavy atom. The second kappa shape index (κ2) is 11.8. The first-order chi connectivity index (χ1) is 16.3. The van der Waals surface area contributed by atoms with Gasteiger partial charge in [-0.2, -0.15) is 0 Å². The zero-order chi connectivity index (χ0) is 22.5. The van der Waals surface area contributed by atoms with Crippen molar-refractivity contribution in [2.24, 2.45) is 0 Å². The molecule has 2 heteroatoms. The monoisotopic (exact) mass is 476 g/mol. The minimum atomic E-state index is -0.357. The molecule has 0 amide bonds. The van der Waals surface area contributed by atoms with E-state index in [4.69, 9.17) is 0 Å². The highest BCUT2D eigenvalue weighted by molar-refractivity contribution is 7.74. The molecule has 0 heterocycles. The summed E-state index contributed by atoms with van der Waals surface area (Å²) in [6.45, 7) is 2.60. The van der Waals surface area contributed by atoms with Gasteiger partial charge in [-0.05, 0) is 80.0 Å². The van der Waals surface area contributed by atoms with E-state index in [1.54, 1.807) is 10.6 Å². The van der Waals surface area contributed by atoms with Crippen molar-refractivity contribution in [1.82, 2.24) is 0 Å². The van der Waals surface area contributed by atoms with Crippen LogP contribution in [0.1, 0.15) is 90.4 Å². The fourth-order valence-electron chi connectivity index (χ4n) is 6.88. The predicted octanol–water partition coefficient (Wildman–Crippen LogP) is 8.95. The largest absolute Gasteiger partial charge is 0.0924 e. The molecule has 0 aliphatic heterocycles. The second-order valence-electron chi connectivity index (χ2n) is 10.5. The number of benzene rings is 2. The standard InChI is InChI=1S/C31H42P2/c1-25(32(26-15-6-2-7-16-26)27-17-8-3-9-18-27)30-23-14-24-31(30)33(28-19-10-4-11-20-28)29-21-12-5-13-22-29/h2-3,6-9,15-18,25,28-29H,4-5,10-14,19-24H2,1H3/t25-/m0/s1. The summed E-state index contributed by atoms with van der Waals surface area (Å²) in [5.74, 6) is 1.91. The fourth-order valence-corrected chi connectivity index (χ4v) is 14.1. The highest BCUT2D eigenvalue weighted by Crippen LogP contribution is 2.70. The summed E-state index contributed by atoms with van der Waals surface area (Å²) in [6.07, 6.45) is 19.3. The minimum Gasteiger partial charge on any atom is -0.0924 e. The van der Waals surface area contributed by atoms with E-state index in [2.05, 4.69) is 67.6 Å². The van der Waals surface area contributed by atoms with Crippen molar-refractivity contribution in [2.45, 2.75) is 107 Å². The van der Waals surface area contributed by atoms with Gasteiger partial charge < -0.3 is 0 Å². The van der Waals surface area contributed by atoms with E-state index in [-0.39, 0.29) is 15.8 Å². The molecule has 2 aromatic carbocycles. The summed E-state index contributed by atoms with van der Waals surface area (Å²) in [5, 5.41) is 3.12. The summed E-state index contributed by atoms with van der Waals surface area (Å²) in [6, 6.07) is 23.0. The van der Waals surface area contributed by atoms with Gasteiger partial charge in [0.05, 0.1) is 0 Å². The van der Waals surface area contributed by atoms with Gasteiger partial charge in [0.15, 0.2) is 0 Å². The van der Waals surface area contributed by atoms with Gasteiger partial charge >= 0.3 is 0 Å². The zero-order valence-electron chi connectivity index (χ0n) is 20.6. The Balaban J connectivity index is 1.45. The summed E-state index contributed by atoms with van der Waals surface area (Å²) >= 11 is 0. The maximum Gasteiger partial charge on any atom is 0.00804 e. The van der Waals surface area contributed by atoms with Gasteiger partial charge in [0.1, 0.15) is 0 Å². The average molecular weight is 477 g/mol. The van der Waals surface area contributed by atoms with Crippen LogP contribution >= 0.6 is 15.8 Å². The predicted molar refractivity (Wildman–Crippen MR) is 150 cm³/mol. The molecule has 5 rings (SSSR count). The number of rotatable bonds is 7. The first-order valence-electron chi connectivity index (χ1n) is 13.7. The number of hydrogen-bond acceptors (Lipinski definition) is 0. The topological polar surface area (TPSA) is 0 Å². The van der Waals surface area contributed by atoms with Crippen LogP contribution in [0.4, 0.5) is 0 Å². The molecular formula is C31H42P2. The summed E-state index contributed by atoms with van der Waals surface area (Å²) in [4.78, 5) is 0. The summed E-state index contributed by atoms with van der Waals surface area (Å²) < 4.78 is 0. The smallest absolute Gasteiger partial charge is 0.00804 e. The van der Waals surface area contributed by atoms with Crippen molar-refractivity contribution in [2.75, 3.05) is 0 Å². The third-order valence-electron chi connectivity index (χ3n) is 8.44. The van der Waals surface area contributed by atoms with E-state index in [1.165, 1.54) is 83.5 Å². The molecule has 0 unspecified atom stereocenters. The first-order valence-corrected chi connectivity index (χ1v) is 16.6. The van der Waals surface area contributed by atoms with E-state index < -0.39 is 0 Å². The van der Waals surface area contributed by atoms with Crippen LogP contribution in [0.2, 0.25) is 0 Å². The van der Waals surface area contributed by atoms with Crippen LogP contribution < -0.4 is 10.6 Å². The minimum absolute atomic E-state index is 0.0575. The molecule has 0 aromatic heterocycles. The maximum absolute atomic E-state index is 2.60. The van der Waals surface area contributed by atoms with E-state index in [0.717, 1.165) is 11.3 Å². The third-order valence-corrected chi connectivity index (χ3v) is 15.0. The van der Waals surface area contributed by atoms with Crippen molar-refractivity contribution in [1.29, 1.82) is 0 Å². The van der Waals surface area contributed by atoms with E-state index >= 15 is 0 Å². The lowest BCUT2D eigenvalue weighted by atomic mass is 9.99. The van der Waals surface area contributed by atoms with Crippen LogP contribution in [0, 0.1) is 11.6 Å². The molecule has 0 N–H and O–H groups in total. The molecule has 3 aliphatic rings. The lowest BCUT2D eigenvalue weighted by Crippen LogP contribution is -2.29. The quantitative estimate of drug-likeness (QED) is 0.350. The van der Waals surface area contributed by atoms with E-state index in [9.17, 15) is 0 Å². The average Bonchev–Trinajstić information content (AvgIpc) is 3.36. The molecule has 0 nitrogen and oxygen atoms in total. The molecule has 3 fully saturated rings. The number of hydrogen-bond donors (Lipinski definition) is 0. The van der Waals surface area contributed by atoms with Crippen molar-refractivity contribution in [3.05, 3.63) is 72.2 Å².